The van der Waals surface area contributed by atoms with Gasteiger partial charge in [0.1, 0.15) is 0 Å². The van der Waals surface area contributed by atoms with Gasteiger partial charge in [-0.2, -0.15) is 0 Å². The van der Waals surface area contributed by atoms with E-state index in [1.807, 2.05) is 0 Å². The summed E-state index contributed by atoms with van der Waals surface area (Å²) >= 11 is 0. The van der Waals surface area contributed by atoms with Crippen LogP contribution < -0.4 is 11.5 Å². The van der Waals surface area contributed by atoms with Crippen molar-refractivity contribution in [3.05, 3.63) is 29.3 Å². The fraction of sp³-hybridized carbons (Fsp3) is 0.889. The van der Waals surface area contributed by atoms with E-state index < -0.39 is 0 Å². The molecule has 0 saturated heterocycles. The molecule has 1 aromatic rings. The zero-order chi connectivity index (χ0) is 45.8. The zero-order valence-corrected chi connectivity index (χ0v) is 44.1. The molecule has 3 heteroatoms. The molecule has 3 nitrogen and oxygen atoms in total. The third-order valence-corrected chi connectivity index (χ3v) is 8.85. The molecule has 1 aromatic carbocycles. The van der Waals surface area contributed by atoms with E-state index in [0.717, 1.165) is 79.1 Å². The van der Waals surface area contributed by atoms with Crippen molar-refractivity contribution in [3.63, 3.8) is 0 Å². The lowest BCUT2D eigenvalue weighted by atomic mass is 9.95. The van der Waals surface area contributed by atoms with Crippen LogP contribution in [0.2, 0.25) is 0 Å². The van der Waals surface area contributed by atoms with Crippen LogP contribution in [0, 0.1) is 59.2 Å². The summed E-state index contributed by atoms with van der Waals surface area (Å²) in [5.74, 6) is 9.26. The average molecular weight is 808 g/mol. The van der Waals surface area contributed by atoms with Gasteiger partial charge in [-0.25, -0.2) is 0 Å². The molecule has 346 valence electrons. The molecule has 0 aromatic heterocycles. The van der Waals surface area contributed by atoms with Gasteiger partial charge in [-0.15, -0.1) is 0 Å². The van der Waals surface area contributed by atoms with Crippen LogP contribution in [0.25, 0.3) is 0 Å². The Balaban J connectivity index is -0.000000192. The minimum absolute atomic E-state index is 0.417. The van der Waals surface area contributed by atoms with Crippen molar-refractivity contribution >= 4 is 5.69 Å². The summed E-state index contributed by atoms with van der Waals surface area (Å²) in [6.07, 6.45) is 12.1. The van der Waals surface area contributed by atoms with E-state index in [-0.39, 0.29) is 0 Å². The van der Waals surface area contributed by atoms with E-state index in [0.29, 0.717) is 29.7 Å². The smallest absolute Gasteiger partial charge is 0.0489 e. The van der Waals surface area contributed by atoms with Crippen molar-refractivity contribution in [1.29, 1.82) is 0 Å². The van der Waals surface area contributed by atoms with Gasteiger partial charge < -0.3 is 16.2 Å². The van der Waals surface area contributed by atoms with Crippen molar-refractivity contribution in [2.45, 2.75) is 242 Å². The fourth-order valence-electron chi connectivity index (χ4n) is 6.03. The molecule has 0 spiro atoms. The van der Waals surface area contributed by atoms with Gasteiger partial charge in [0.15, 0.2) is 0 Å². The standard InChI is InChI=1S/C12H19N.C9H21N.2C9H20.C8H18O.C7H16/c1-8(2)10-5-11(9(3)4)7-12(13)6-10;1-7(2)5-9(10)6-8(3)4;2*1-8(2)6-5-7-9(3)4;1-7(2)5-9-6-8(3)4;1-6(2)5-7(3)4/h5-9H,13H2,1-4H3;7-9H,5-6,10H2,1-4H3;2*8-9H,5-7H2,1-4H3;7-8H,5-6H2,1-4H3;6-7H,5H2,1-4H3. The highest BCUT2D eigenvalue weighted by molar-refractivity contribution is 5.46. The lowest BCUT2D eigenvalue weighted by molar-refractivity contribution is 0.0886. The lowest BCUT2D eigenvalue weighted by Gasteiger charge is -2.15. The SMILES string of the molecule is CC(C)CC(C)C.CC(C)CC(N)CC(C)C.CC(C)CCCC(C)C.CC(C)CCCC(C)C.CC(C)COCC(C)C.CC(C)c1cc(N)cc(C(C)C)c1. The summed E-state index contributed by atoms with van der Waals surface area (Å²) in [4.78, 5) is 0. The molecule has 0 unspecified atom stereocenters. The minimum atomic E-state index is 0.417. The van der Waals surface area contributed by atoms with E-state index in [9.17, 15) is 0 Å². The highest BCUT2D eigenvalue weighted by Gasteiger charge is 2.07. The normalized spacial score (nSPS) is 11.4. The van der Waals surface area contributed by atoms with Crippen molar-refractivity contribution in [3.8, 4) is 0 Å². The molecular weight excluding hydrogens is 693 g/mol. The van der Waals surface area contributed by atoms with E-state index in [1.165, 1.54) is 56.1 Å². The summed E-state index contributed by atoms with van der Waals surface area (Å²) in [6, 6.07) is 6.80. The number of nitrogens with two attached hydrogens (primary N) is 2. The zero-order valence-electron chi connectivity index (χ0n) is 44.1. The molecule has 0 atom stereocenters. The summed E-state index contributed by atoms with van der Waals surface area (Å²) in [6.45, 7) is 55.5. The first-order chi connectivity index (χ1) is 26.0. The second-order valence-electron chi connectivity index (χ2n) is 22.0. The third-order valence-electron chi connectivity index (χ3n) is 8.85. The minimum Gasteiger partial charge on any atom is -0.399 e. The molecule has 4 N–H and O–H groups in total. The Hall–Kier alpha value is -1.06. The summed E-state index contributed by atoms with van der Waals surface area (Å²) in [5.41, 5.74) is 15.3. The molecule has 0 radical (unpaired) electrons. The third kappa shape index (κ3) is 64.3. The van der Waals surface area contributed by atoms with Crippen LogP contribution in [0.15, 0.2) is 18.2 Å². The molecule has 0 fully saturated rings. The molecular formula is C54H114N2O. The number of rotatable bonds is 20. The van der Waals surface area contributed by atoms with Crippen molar-refractivity contribution in [2.24, 2.45) is 64.9 Å². The van der Waals surface area contributed by atoms with Crippen LogP contribution in [0.5, 0.6) is 0 Å². The van der Waals surface area contributed by atoms with Crippen molar-refractivity contribution in [2.75, 3.05) is 18.9 Å². The molecule has 0 amide bonds. The van der Waals surface area contributed by atoms with Crippen LogP contribution in [0.1, 0.15) is 247 Å². The van der Waals surface area contributed by atoms with Gasteiger partial charge in [0.25, 0.3) is 0 Å². The summed E-state index contributed by atoms with van der Waals surface area (Å²) in [5, 5.41) is 0. The molecule has 0 saturated carbocycles. The monoisotopic (exact) mass is 807 g/mol. The van der Waals surface area contributed by atoms with Gasteiger partial charge in [0.05, 0.1) is 0 Å². The number of ether oxygens (including phenoxy) is 1. The first kappa shape index (κ1) is 65.1. The Morgan fingerprint density at radius 1 is 0.368 bits per heavy atom. The Morgan fingerprint density at radius 2 is 0.632 bits per heavy atom. The van der Waals surface area contributed by atoms with E-state index in [4.69, 9.17) is 16.2 Å². The predicted octanol–water partition coefficient (Wildman–Crippen LogP) is 17.9. The molecule has 0 aliphatic rings. The maximum absolute atomic E-state index is 5.88. The number of anilines is 1. The topological polar surface area (TPSA) is 61.3 Å². The van der Waals surface area contributed by atoms with Crippen LogP contribution in [0.3, 0.4) is 0 Å². The largest absolute Gasteiger partial charge is 0.399 e. The van der Waals surface area contributed by atoms with Gasteiger partial charge in [0, 0.05) is 24.9 Å². The van der Waals surface area contributed by atoms with Crippen molar-refractivity contribution in [1.82, 2.24) is 0 Å². The number of benzene rings is 1. The molecule has 0 bridgehead atoms. The number of hydrogen-bond donors (Lipinski definition) is 2. The van der Waals surface area contributed by atoms with Crippen molar-refractivity contribution < 1.29 is 4.74 Å². The maximum Gasteiger partial charge on any atom is 0.0489 e. The van der Waals surface area contributed by atoms with E-state index >= 15 is 0 Å². The van der Waals surface area contributed by atoms with Crippen LogP contribution in [-0.4, -0.2) is 19.3 Å². The van der Waals surface area contributed by atoms with E-state index in [1.54, 1.807) is 0 Å². The summed E-state index contributed by atoms with van der Waals surface area (Å²) in [7, 11) is 0. The Morgan fingerprint density at radius 3 is 0.807 bits per heavy atom. The van der Waals surface area contributed by atoms with Gasteiger partial charge in [0.2, 0.25) is 0 Å². The molecule has 0 heterocycles. The van der Waals surface area contributed by atoms with Gasteiger partial charge in [-0.05, 0) is 114 Å². The second-order valence-corrected chi connectivity index (χ2v) is 22.0. The first-order valence-corrected chi connectivity index (χ1v) is 24.3. The Labute approximate surface area is 364 Å². The highest BCUT2D eigenvalue weighted by atomic mass is 16.5. The van der Waals surface area contributed by atoms with E-state index in [2.05, 4.69) is 184 Å². The van der Waals surface area contributed by atoms with Gasteiger partial charge in [-0.1, -0.05) is 211 Å². The lowest BCUT2D eigenvalue weighted by Crippen LogP contribution is -2.23. The molecule has 57 heavy (non-hydrogen) atoms. The Bertz CT molecular complexity index is 815. The predicted molar refractivity (Wildman–Crippen MR) is 268 cm³/mol. The summed E-state index contributed by atoms with van der Waals surface area (Å²) < 4.78 is 5.36. The number of hydrogen-bond acceptors (Lipinski definition) is 3. The van der Waals surface area contributed by atoms with Crippen LogP contribution in [-0.2, 0) is 4.74 Å². The maximum atomic E-state index is 5.88. The quantitative estimate of drug-likeness (QED) is 0.129. The van der Waals surface area contributed by atoms with Crippen LogP contribution >= 0.6 is 0 Å². The molecule has 0 aliphatic carbocycles. The fourth-order valence-corrected chi connectivity index (χ4v) is 6.03. The average Bonchev–Trinajstić information content (AvgIpc) is 2.99. The molecule has 1 rings (SSSR count). The van der Waals surface area contributed by atoms with Crippen LogP contribution in [0.4, 0.5) is 5.69 Å². The second kappa shape index (κ2) is 41.7. The van der Waals surface area contributed by atoms with Gasteiger partial charge >= 0.3 is 0 Å². The number of nitrogen functional groups attached to an aromatic ring is 1. The van der Waals surface area contributed by atoms with Gasteiger partial charge in [-0.3, -0.25) is 0 Å². The highest BCUT2D eigenvalue weighted by Crippen LogP contribution is 2.24. The Kier molecular flexibility index (Phi) is 47.6. The molecule has 0 aliphatic heterocycles. The first-order valence-electron chi connectivity index (χ1n) is 24.3.